The summed E-state index contributed by atoms with van der Waals surface area (Å²) in [5, 5.41) is 0. The van der Waals surface area contributed by atoms with Gasteiger partial charge in [-0.1, -0.05) is 12.8 Å². The number of ether oxygens (including phenoxy) is 1. The molecule has 0 bridgehead atoms. The van der Waals surface area contributed by atoms with Crippen molar-refractivity contribution in [2.75, 3.05) is 20.4 Å². The summed E-state index contributed by atoms with van der Waals surface area (Å²) in [6, 6.07) is 0. The summed E-state index contributed by atoms with van der Waals surface area (Å²) in [6.07, 6.45) is 5.70. The van der Waals surface area contributed by atoms with E-state index in [4.69, 9.17) is 15.7 Å². The number of hydrogen-bond acceptors (Lipinski definition) is 4. The first-order valence-corrected chi connectivity index (χ1v) is 13.5. The zero-order chi connectivity index (χ0) is 29.6. The van der Waals surface area contributed by atoms with Crippen LogP contribution in [-0.2, 0) is 18.6 Å². The van der Waals surface area contributed by atoms with Crippen LogP contribution in [0, 0.1) is 143 Å². The normalized spacial score (nSPS) is 9.97. The second-order valence-corrected chi connectivity index (χ2v) is 9.16. The molecule has 0 aliphatic heterocycles. The molecule has 0 amide bonds. The summed E-state index contributed by atoms with van der Waals surface area (Å²) in [5.41, 5.74) is 0. The van der Waals surface area contributed by atoms with Crippen molar-refractivity contribution in [2.45, 2.75) is 39.7 Å². The Morgan fingerprint density at radius 1 is 0.795 bits per heavy atom. The zero-order valence-corrected chi connectivity index (χ0v) is 23.5. The molecule has 0 rings (SSSR count). The second-order valence-electron chi connectivity index (χ2n) is 6.88. The monoisotopic (exact) mass is 529 g/mol. The van der Waals surface area contributed by atoms with Crippen molar-refractivity contribution in [2.24, 2.45) is 5.92 Å². The molecule has 0 aliphatic carbocycles. The van der Waals surface area contributed by atoms with Crippen LogP contribution in [-0.4, -0.2) is 32.3 Å². The molecular weight excluding hydrogens is 503 g/mol. The van der Waals surface area contributed by atoms with Crippen molar-refractivity contribution in [3.8, 4) is 131 Å². The van der Waals surface area contributed by atoms with Crippen LogP contribution in [0.2, 0.25) is 0 Å². The Bertz CT molecular complexity index is 1560. The van der Waals surface area contributed by atoms with E-state index in [1.54, 1.807) is 14.0 Å². The van der Waals surface area contributed by atoms with Gasteiger partial charge in [0.15, 0.2) is 0 Å². The van der Waals surface area contributed by atoms with E-state index in [9.17, 15) is 9.36 Å². The van der Waals surface area contributed by atoms with Gasteiger partial charge in [0.25, 0.3) is 0 Å². The number of ketones is 1. The Labute approximate surface area is 235 Å². The highest BCUT2D eigenvalue weighted by molar-refractivity contribution is 7.59. The molecule has 0 unspecified atom stereocenters. The molecule has 0 spiro atoms. The van der Waals surface area contributed by atoms with Crippen LogP contribution < -0.4 is 0 Å². The lowest BCUT2D eigenvalue weighted by Gasteiger charge is -2.25. The molecule has 0 aromatic carbocycles. The maximum atomic E-state index is 11.4. The lowest BCUT2D eigenvalue weighted by Crippen LogP contribution is -2.26. The third-order valence-corrected chi connectivity index (χ3v) is 4.50. The first kappa shape index (κ1) is 36.1. The molecule has 0 aliphatic rings. The van der Waals surface area contributed by atoms with Gasteiger partial charge in [0.2, 0.25) is 0 Å². The van der Waals surface area contributed by atoms with E-state index in [2.05, 4.69) is 131 Å². The van der Waals surface area contributed by atoms with Gasteiger partial charge < -0.3 is 13.8 Å². The van der Waals surface area contributed by atoms with E-state index in [0.29, 0.717) is 12.8 Å². The van der Waals surface area contributed by atoms with Crippen molar-refractivity contribution in [1.82, 2.24) is 0 Å². The van der Waals surface area contributed by atoms with E-state index < -0.39 is 7.37 Å². The van der Waals surface area contributed by atoms with Gasteiger partial charge in [-0.05, 0) is 115 Å². The molecule has 0 fully saturated rings. The molecular formula is C34H26O4P-. The number of terminal acetylenes is 1. The van der Waals surface area contributed by atoms with E-state index >= 15 is 0 Å². The lowest BCUT2D eigenvalue weighted by atomic mass is 9.97. The van der Waals surface area contributed by atoms with Crippen LogP contribution >= 0.6 is 7.37 Å². The van der Waals surface area contributed by atoms with Gasteiger partial charge in [-0.15, -0.1) is 6.42 Å². The van der Waals surface area contributed by atoms with E-state index in [1.165, 1.54) is 6.66 Å². The van der Waals surface area contributed by atoms with Crippen LogP contribution in [0.1, 0.15) is 33.6 Å². The Hall–Kier alpha value is -5.02. The highest BCUT2D eigenvalue weighted by Crippen LogP contribution is 2.40. The van der Waals surface area contributed by atoms with Crippen molar-refractivity contribution < 1.29 is 18.6 Å². The molecule has 192 valence electrons. The van der Waals surface area contributed by atoms with Crippen LogP contribution in [0.15, 0.2) is 0 Å². The minimum absolute atomic E-state index is 0.0625. The Morgan fingerprint density at radius 2 is 1.15 bits per heavy atom. The molecule has 0 aromatic heterocycles. The molecule has 0 N–H and O–H groups in total. The third-order valence-electron chi connectivity index (χ3n) is 3.80. The van der Waals surface area contributed by atoms with Gasteiger partial charge in [-0.2, -0.15) is 0 Å². The average molecular weight is 530 g/mol. The highest BCUT2D eigenvalue weighted by atomic mass is 31.2. The van der Waals surface area contributed by atoms with Crippen molar-refractivity contribution in [3.05, 3.63) is 6.66 Å². The topological polar surface area (TPSA) is 52.6 Å². The average Bonchev–Trinajstić information content (AvgIpc) is 2.91. The highest BCUT2D eigenvalue weighted by Gasteiger charge is 2.21. The molecule has 5 heteroatoms. The minimum Gasteiger partial charge on any atom is -0.381 e. The van der Waals surface area contributed by atoms with Gasteiger partial charge in [0.1, 0.15) is 5.78 Å². The SMILES string of the molecule is C#CC#CC#CC#CC#CC#CC#CC#CC#CC#CC#CC.[CH2-][P@@](C)(=O)OC[C@@H](CC(=O)CC)[C@@H](C)OC. The minimum atomic E-state index is -2.74. The largest absolute Gasteiger partial charge is 0.381 e. The van der Waals surface area contributed by atoms with Crippen LogP contribution in [0.3, 0.4) is 0 Å². The Morgan fingerprint density at radius 3 is 1.44 bits per heavy atom. The van der Waals surface area contributed by atoms with E-state index in [1.807, 2.05) is 13.8 Å². The Balaban J connectivity index is 0. The molecule has 0 heterocycles. The first-order chi connectivity index (χ1) is 18.7. The smallest absolute Gasteiger partial charge is 0.133 e. The number of methoxy groups -OCH3 is 1. The van der Waals surface area contributed by atoms with Gasteiger partial charge in [0.05, 0.1) is 20.1 Å². The first-order valence-electron chi connectivity index (χ1n) is 11.2. The molecule has 0 radical (unpaired) electrons. The van der Waals surface area contributed by atoms with E-state index in [-0.39, 0.29) is 24.4 Å². The lowest BCUT2D eigenvalue weighted by molar-refractivity contribution is -0.121. The molecule has 0 saturated heterocycles. The fourth-order valence-electron chi connectivity index (χ4n) is 1.87. The molecule has 3 atom stereocenters. The predicted octanol–water partition coefficient (Wildman–Crippen LogP) is 3.40. The van der Waals surface area contributed by atoms with Gasteiger partial charge in [-0.25, -0.2) is 0 Å². The zero-order valence-electron chi connectivity index (χ0n) is 22.6. The molecule has 0 aromatic rings. The predicted molar refractivity (Wildman–Crippen MR) is 157 cm³/mol. The van der Waals surface area contributed by atoms with Gasteiger partial charge in [-0.3, -0.25) is 11.5 Å². The summed E-state index contributed by atoms with van der Waals surface area (Å²) in [5.74, 6) is 52.0. The number of hydrogen-bond donors (Lipinski definition) is 0. The van der Waals surface area contributed by atoms with Crippen LogP contribution in [0.25, 0.3) is 0 Å². The second kappa shape index (κ2) is 26.1. The molecule has 4 nitrogen and oxygen atoms in total. The molecule has 39 heavy (non-hydrogen) atoms. The summed E-state index contributed by atoms with van der Waals surface area (Å²) in [6.45, 7) is 10.5. The maximum Gasteiger partial charge on any atom is 0.133 e. The van der Waals surface area contributed by atoms with Gasteiger partial charge >= 0.3 is 0 Å². The summed E-state index contributed by atoms with van der Waals surface area (Å²) in [4.78, 5) is 11.4. The van der Waals surface area contributed by atoms with Crippen LogP contribution in [0.5, 0.6) is 0 Å². The standard InChI is InChI=1S/C23H4.C11H22O4P/c1-3-5-7-9-11-13-15-17-19-21-23-22-20-18-16-14-12-10-8-6-4-2;1-6-11(12)7-10(9(2)14-3)8-15-16(4,5)13/h1H,2H3;9-10H,4,6-8H2,1-3,5H3/q;-1/t;9-,10-,16-/m.1/s1. The quantitative estimate of drug-likeness (QED) is 0.275. The number of Topliss-reactive ketones (excluding diaryl/α,β-unsaturated/α-hetero) is 1. The Kier molecular flexibility index (Phi) is 24.1. The van der Waals surface area contributed by atoms with Gasteiger partial charge in [0, 0.05) is 49.6 Å². The number of carbonyl (C=O) groups is 1. The van der Waals surface area contributed by atoms with Crippen molar-refractivity contribution >= 4 is 13.2 Å². The number of carbonyl (C=O) groups excluding carboxylic acids is 1. The van der Waals surface area contributed by atoms with Crippen molar-refractivity contribution in [3.63, 3.8) is 0 Å². The third kappa shape index (κ3) is 29.1. The number of rotatable bonds is 8. The molecule has 0 saturated carbocycles. The summed E-state index contributed by atoms with van der Waals surface area (Å²) >= 11 is 0. The maximum absolute atomic E-state index is 11.4. The summed E-state index contributed by atoms with van der Waals surface area (Å²) in [7, 11) is -1.15. The van der Waals surface area contributed by atoms with E-state index in [0.717, 1.165) is 0 Å². The fourth-order valence-corrected chi connectivity index (χ4v) is 2.38. The van der Waals surface area contributed by atoms with Crippen molar-refractivity contribution in [1.29, 1.82) is 0 Å². The van der Waals surface area contributed by atoms with Crippen LogP contribution in [0.4, 0.5) is 0 Å². The summed E-state index contributed by atoms with van der Waals surface area (Å²) < 4.78 is 21.7. The fraction of sp³-hybridized carbons (Fsp3) is 0.294.